The Hall–Kier alpha value is -3.95. The standard InChI is InChI=1S/C30H30N6/c1-19-12-22(13-20(2)34-19)18-36-11-10-26-28(36)17-32-30(29(26)23-6-4-21(15-31)5-7-23)24-8-9-27-25(14-24)16-33-35(27)3/h4-11,14,16-17,19-20,22,34H,12-13,18H2,1-3H3. The first-order valence-corrected chi connectivity index (χ1v) is 12.7. The summed E-state index contributed by atoms with van der Waals surface area (Å²) in [5.74, 6) is 0.637. The predicted octanol–water partition coefficient (Wildman–Crippen LogP) is 5.91. The first-order chi connectivity index (χ1) is 17.5. The molecule has 2 unspecified atom stereocenters. The van der Waals surface area contributed by atoms with Crippen LogP contribution in [-0.2, 0) is 13.6 Å². The Morgan fingerprint density at radius 3 is 2.47 bits per heavy atom. The summed E-state index contributed by atoms with van der Waals surface area (Å²) in [7, 11) is 1.96. The third-order valence-corrected chi connectivity index (χ3v) is 7.55. The Morgan fingerprint density at radius 1 is 0.972 bits per heavy atom. The molecule has 1 N–H and O–H groups in total. The van der Waals surface area contributed by atoms with E-state index in [1.165, 1.54) is 18.2 Å². The van der Waals surface area contributed by atoms with Gasteiger partial charge in [-0.15, -0.1) is 0 Å². The van der Waals surface area contributed by atoms with Gasteiger partial charge in [-0.1, -0.05) is 18.2 Å². The molecule has 1 saturated heterocycles. The number of aryl methyl sites for hydroxylation is 1. The lowest BCUT2D eigenvalue weighted by Gasteiger charge is -2.33. The number of benzene rings is 2. The zero-order valence-corrected chi connectivity index (χ0v) is 20.9. The SMILES string of the molecule is CC1CC(Cn2ccc3c(-c4ccc(C#N)cc4)c(-c4ccc5c(cnn5C)c4)ncc32)CC(C)N1. The van der Waals surface area contributed by atoms with Crippen molar-refractivity contribution < 1.29 is 0 Å². The highest BCUT2D eigenvalue weighted by Crippen LogP contribution is 2.38. The fourth-order valence-electron chi connectivity index (χ4n) is 6.00. The topological polar surface area (TPSA) is 71.5 Å². The second-order valence-corrected chi connectivity index (χ2v) is 10.3. The summed E-state index contributed by atoms with van der Waals surface area (Å²) in [6.07, 6.45) is 8.51. The smallest absolute Gasteiger partial charge is 0.0991 e. The molecule has 4 heterocycles. The Kier molecular flexibility index (Phi) is 5.58. The van der Waals surface area contributed by atoms with Gasteiger partial charge in [0.05, 0.1) is 40.8 Å². The van der Waals surface area contributed by atoms with Crippen LogP contribution in [0.1, 0.15) is 32.3 Å². The second kappa shape index (κ2) is 8.92. The highest BCUT2D eigenvalue weighted by Gasteiger charge is 2.24. The van der Waals surface area contributed by atoms with E-state index in [4.69, 9.17) is 4.98 Å². The third kappa shape index (κ3) is 3.96. The van der Waals surface area contributed by atoms with Crippen LogP contribution in [0.25, 0.3) is 44.2 Å². The van der Waals surface area contributed by atoms with Crippen LogP contribution in [0, 0.1) is 17.2 Å². The van der Waals surface area contributed by atoms with Gasteiger partial charge in [-0.05, 0) is 68.5 Å². The molecular weight excluding hydrogens is 444 g/mol. The molecule has 180 valence electrons. The van der Waals surface area contributed by atoms with Crippen LogP contribution in [-0.4, -0.2) is 31.4 Å². The number of rotatable bonds is 4. The average Bonchev–Trinajstić information content (AvgIpc) is 3.46. The van der Waals surface area contributed by atoms with E-state index in [1.54, 1.807) is 0 Å². The molecule has 0 radical (unpaired) electrons. The molecular formula is C30H30N6. The molecule has 6 heteroatoms. The van der Waals surface area contributed by atoms with Crippen LogP contribution in [0.5, 0.6) is 0 Å². The molecule has 0 spiro atoms. The first kappa shape index (κ1) is 22.5. The summed E-state index contributed by atoms with van der Waals surface area (Å²) < 4.78 is 4.26. The quantitative estimate of drug-likeness (QED) is 0.352. The lowest BCUT2D eigenvalue weighted by Crippen LogP contribution is -2.43. The van der Waals surface area contributed by atoms with E-state index in [0.29, 0.717) is 23.6 Å². The summed E-state index contributed by atoms with van der Waals surface area (Å²) >= 11 is 0. The molecule has 1 aliphatic rings. The normalized spacial score (nSPS) is 20.1. The molecule has 0 amide bonds. The minimum atomic E-state index is 0.543. The van der Waals surface area contributed by atoms with Crippen molar-refractivity contribution in [3.05, 3.63) is 72.7 Å². The van der Waals surface area contributed by atoms with Gasteiger partial charge in [0.2, 0.25) is 0 Å². The van der Waals surface area contributed by atoms with Crippen LogP contribution < -0.4 is 5.32 Å². The Balaban J connectivity index is 1.49. The number of hydrogen-bond donors (Lipinski definition) is 1. The van der Waals surface area contributed by atoms with Gasteiger partial charge in [-0.2, -0.15) is 10.4 Å². The van der Waals surface area contributed by atoms with Gasteiger partial charge < -0.3 is 9.88 Å². The number of aromatic nitrogens is 4. The van der Waals surface area contributed by atoms with Crippen LogP contribution >= 0.6 is 0 Å². The lowest BCUT2D eigenvalue weighted by molar-refractivity contribution is 0.242. The maximum Gasteiger partial charge on any atom is 0.0991 e. The van der Waals surface area contributed by atoms with Gasteiger partial charge in [0, 0.05) is 53.8 Å². The van der Waals surface area contributed by atoms with Crippen LogP contribution in [0.3, 0.4) is 0 Å². The van der Waals surface area contributed by atoms with Crippen molar-refractivity contribution in [3.8, 4) is 28.5 Å². The van der Waals surface area contributed by atoms with Crippen molar-refractivity contribution in [2.45, 2.75) is 45.3 Å². The zero-order chi connectivity index (χ0) is 24.8. The number of piperidine rings is 1. The number of nitrogens with one attached hydrogen (secondary N) is 1. The number of pyridine rings is 1. The van der Waals surface area contributed by atoms with E-state index in [9.17, 15) is 5.26 Å². The zero-order valence-electron chi connectivity index (χ0n) is 20.9. The van der Waals surface area contributed by atoms with Crippen LogP contribution in [0.4, 0.5) is 0 Å². The number of fused-ring (bicyclic) bond motifs is 2. The van der Waals surface area contributed by atoms with Crippen LogP contribution in [0.2, 0.25) is 0 Å². The van der Waals surface area contributed by atoms with Gasteiger partial charge in [0.15, 0.2) is 0 Å². The molecule has 36 heavy (non-hydrogen) atoms. The maximum atomic E-state index is 9.32. The molecule has 3 aromatic heterocycles. The summed E-state index contributed by atoms with van der Waals surface area (Å²) in [6.45, 7) is 5.56. The average molecular weight is 475 g/mol. The van der Waals surface area contributed by atoms with E-state index < -0.39 is 0 Å². The maximum absolute atomic E-state index is 9.32. The lowest BCUT2D eigenvalue weighted by atomic mass is 9.89. The van der Waals surface area contributed by atoms with Gasteiger partial charge >= 0.3 is 0 Å². The second-order valence-electron chi connectivity index (χ2n) is 10.3. The minimum absolute atomic E-state index is 0.543. The van der Waals surface area contributed by atoms with Crippen molar-refractivity contribution in [1.29, 1.82) is 5.26 Å². The summed E-state index contributed by atoms with van der Waals surface area (Å²) in [5.41, 5.74) is 7.08. The number of nitriles is 1. The van der Waals surface area contributed by atoms with Crippen molar-refractivity contribution in [3.63, 3.8) is 0 Å². The van der Waals surface area contributed by atoms with E-state index in [1.807, 2.05) is 48.4 Å². The molecule has 2 aromatic carbocycles. The van der Waals surface area contributed by atoms with Gasteiger partial charge in [-0.25, -0.2) is 0 Å². The van der Waals surface area contributed by atoms with E-state index in [2.05, 4.69) is 65.4 Å². The highest BCUT2D eigenvalue weighted by molar-refractivity contribution is 6.02. The van der Waals surface area contributed by atoms with Crippen molar-refractivity contribution in [2.24, 2.45) is 13.0 Å². The Bertz CT molecular complexity index is 1590. The van der Waals surface area contributed by atoms with Crippen molar-refractivity contribution in [2.75, 3.05) is 0 Å². The summed E-state index contributed by atoms with van der Waals surface area (Å²) in [4.78, 5) is 5.04. The predicted molar refractivity (Wildman–Crippen MR) is 144 cm³/mol. The summed E-state index contributed by atoms with van der Waals surface area (Å²) in [6, 6.07) is 19.8. The molecule has 0 bridgehead atoms. The first-order valence-electron chi connectivity index (χ1n) is 12.7. The molecule has 6 rings (SSSR count). The van der Waals surface area contributed by atoms with Crippen molar-refractivity contribution >= 4 is 21.8 Å². The molecule has 0 saturated carbocycles. The fraction of sp³-hybridized carbons (Fsp3) is 0.300. The van der Waals surface area contributed by atoms with Gasteiger partial charge in [-0.3, -0.25) is 9.67 Å². The monoisotopic (exact) mass is 474 g/mol. The minimum Gasteiger partial charge on any atom is -0.346 e. The van der Waals surface area contributed by atoms with Gasteiger partial charge in [0.1, 0.15) is 0 Å². The molecule has 5 aromatic rings. The largest absolute Gasteiger partial charge is 0.346 e. The molecule has 1 aliphatic heterocycles. The van der Waals surface area contributed by atoms with Gasteiger partial charge in [0.25, 0.3) is 0 Å². The Labute approximate surface area is 211 Å². The number of hydrogen-bond acceptors (Lipinski definition) is 4. The fourth-order valence-corrected chi connectivity index (χ4v) is 6.00. The van der Waals surface area contributed by atoms with E-state index in [0.717, 1.165) is 45.3 Å². The van der Waals surface area contributed by atoms with E-state index >= 15 is 0 Å². The molecule has 1 fully saturated rings. The van der Waals surface area contributed by atoms with Crippen LogP contribution in [0.15, 0.2) is 67.1 Å². The molecule has 0 aliphatic carbocycles. The molecule has 2 atom stereocenters. The van der Waals surface area contributed by atoms with E-state index in [-0.39, 0.29) is 0 Å². The molecule has 6 nitrogen and oxygen atoms in total. The van der Waals surface area contributed by atoms with Crippen molar-refractivity contribution in [1.82, 2.24) is 24.6 Å². The number of nitrogens with zero attached hydrogens (tertiary/aromatic N) is 5. The highest BCUT2D eigenvalue weighted by atomic mass is 15.2. The Morgan fingerprint density at radius 2 is 1.72 bits per heavy atom. The summed E-state index contributed by atoms with van der Waals surface area (Å²) in [5, 5.41) is 19.7. The third-order valence-electron chi connectivity index (χ3n) is 7.55.